The fourth-order valence-corrected chi connectivity index (χ4v) is 2.38. The predicted molar refractivity (Wildman–Crippen MR) is 67.1 cm³/mol. The first-order valence-electron chi connectivity index (χ1n) is 6.13. The molecule has 0 spiro atoms. The Kier molecular flexibility index (Phi) is 4.91. The van der Waals surface area contributed by atoms with Crippen molar-refractivity contribution in [2.24, 2.45) is 17.2 Å². The lowest BCUT2D eigenvalue weighted by Crippen LogP contribution is -2.50. The summed E-state index contributed by atoms with van der Waals surface area (Å²) in [5.74, 6) is 5.66. The molecule has 0 aromatic heterocycles. The number of hydrazine groups is 1. The summed E-state index contributed by atoms with van der Waals surface area (Å²) in [4.78, 5) is 13.9. The summed E-state index contributed by atoms with van der Waals surface area (Å²) in [6.45, 7) is 8.99. The van der Waals surface area contributed by atoms with Crippen LogP contribution in [0.5, 0.6) is 0 Å². The van der Waals surface area contributed by atoms with Gasteiger partial charge in [0.2, 0.25) is 0 Å². The second kappa shape index (κ2) is 5.80. The zero-order valence-corrected chi connectivity index (χ0v) is 11.3. The number of hydrogen-bond donors (Lipinski definition) is 2. The van der Waals surface area contributed by atoms with E-state index >= 15 is 0 Å². The molecule has 2 atom stereocenters. The van der Waals surface area contributed by atoms with Crippen molar-refractivity contribution in [1.29, 1.82) is 0 Å². The van der Waals surface area contributed by atoms with E-state index in [0.717, 1.165) is 19.5 Å². The first-order valence-corrected chi connectivity index (χ1v) is 6.13. The van der Waals surface area contributed by atoms with Crippen LogP contribution < -0.4 is 11.3 Å². The normalized spacial score (nSPS) is 23.7. The lowest BCUT2D eigenvalue weighted by atomic mass is 9.80. The molecule has 1 aliphatic rings. The van der Waals surface area contributed by atoms with Crippen molar-refractivity contribution in [1.82, 2.24) is 10.3 Å². The quantitative estimate of drug-likeness (QED) is 0.425. The molecule has 17 heavy (non-hydrogen) atoms. The minimum Gasteiger partial charge on any atom is -0.383 e. The molecular weight excluding hydrogens is 218 g/mol. The van der Waals surface area contributed by atoms with Gasteiger partial charge in [-0.15, -0.1) is 0 Å². The number of carbonyl (C=O) groups excluding carboxylic acids is 1. The van der Waals surface area contributed by atoms with Gasteiger partial charge in [-0.3, -0.25) is 15.1 Å². The van der Waals surface area contributed by atoms with Gasteiger partial charge in [-0.05, 0) is 24.3 Å². The minimum atomic E-state index is -0.266. The summed E-state index contributed by atoms with van der Waals surface area (Å²) in [5, 5.41) is 0. The van der Waals surface area contributed by atoms with Gasteiger partial charge in [-0.25, -0.2) is 5.84 Å². The molecule has 5 nitrogen and oxygen atoms in total. The number of nitrogens with two attached hydrogens (primary N) is 1. The van der Waals surface area contributed by atoms with Crippen LogP contribution in [0, 0.1) is 11.3 Å². The second-order valence-corrected chi connectivity index (χ2v) is 5.83. The summed E-state index contributed by atoms with van der Waals surface area (Å²) in [6.07, 6.45) is 1.13. The van der Waals surface area contributed by atoms with Crippen molar-refractivity contribution in [3.8, 4) is 0 Å². The molecule has 0 bridgehead atoms. The topological polar surface area (TPSA) is 67.6 Å². The highest BCUT2D eigenvalue weighted by molar-refractivity contribution is 5.81. The minimum absolute atomic E-state index is 0.165. The van der Waals surface area contributed by atoms with Crippen molar-refractivity contribution in [2.75, 3.05) is 26.8 Å². The number of hydrogen-bond acceptors (Lipinski definition) is 4. The smallest absolute Gasteiger partial charge is 0.253 e. The molecule has 1 heterocycles. The zero-order valence-electron chi connectivity index (χ0n) is 11.3. The molecule has 0 radical (unpaired) electrons. The van der Waals surface area contributed by atoms with Crippen LogP contribution >= 0.6 is 0 Å². The van der Waals surface area contributed by atoms with Gasteiger partial charge in [0.25, 0.3) is 5.91 Å². The van der Waals surface area contributed by atoms with Gasteiger partial charge in [0, 0.05) is 13.7 Å². The molecule has 0 aromatic rings. The van der Waals surface area contributed by atoms with E-state index in [0.29, 0.717) is 12.5 Å². The lowest BCUT2D eigenvalue weighted by molar-refractivity contribution is -0.128. The van der Waals surface area contributed by atoms with Crippen molar-refractivity contribution in [3.63, 3.8) is 0 Å². The Morgan fingerprint density at radius 2 is 2.24 bits per heavy atom. The third-order valence-electron chi connectivity index (χ3n) is 3.65. The number of ether oxygens (including phenoxy) is 1. The van der Waals surface area contributed by atoms with Crippen molar-refractivity contribution >= 4 is 5.91 Å². The molecular formula is C12H25N3O2. The largest absolute Gasteiger partial charge is 0.383 e. The fourth-order valence-electron chi connectivity index (χ4n) is 2.38. The van der Waals surface area contributed by atoms with E-state index in [1.165, 1.54) is 0 Å². The molecule has 1 aliphatic heterocycles. The van der Waals surface area contributed by atoms with Crippen LogP contribution in [0.4, 0.5) is 0 Å². The van der Waals surface area contributed by atoms with Gasteiger partial charge in [0.15, 0.2) is 0 Å². The van der Waals surface area contributed by atoms with E-state index in [-0.39, 0.29) is 17.4 Å². The summed E-state index contributed by atoms with van der Waals surface area (Å²) < 4.78 is 5.10. The maximum absolute atomic E-state index is 11.7. The van der Waals surface area contributed by atoms with Crippen molar-refractivity contribution < 1.29 is 9.53 Å². The third kappa shape index (κ3) is 3.66. The molecule has 2 unspecified atom stereocenters. The molecule has 0 aliphatic carbocycles. The summed E-state index contributed by atoms with van der Waals surface area (Å²) in [5.41, 5.74) is 2.50. The average Bonchev–Trinajstić information content (AvgIpc) is 2.73. The van der Waals surface area contributed by atoms with Crippen LogP contribution in [0.25, 0.3) is 0 Å². The van der Waals surface area contributed by atoms with E-state index in [9.17, 15) is 4.79 Å². The highest BCUT2D eigenvalue weighted by atomic mass is 16.5. The van der Waals surface area contributed by atoms with E-state index < -0.39 is 0 Å². The molecule has 100 valence electrons. The Hall–Kier alpha value is -0.650. The lowest BCUT2D eigenvalue weighted by Gasteiger charge is -2.29. The van der Waals surface area contributed by atoms with E-state index in [1.54, 1.807) is 7.11 Å². The molecule has 1 rings (SSSR count). The fraction of sp³-hybridized carbons (Fsp3) is 0.917. The summed E-state index contributed by atoms with van der Waals surface area (Å²) in [6, 6.07) is -0.266. The second-order valence-electron chi connectivity index (χ2n) is 5.83. The zero-order chi connectivity index (χ0) is 13.1. The molecule has 1 fully saturated rings. The number of amides is 1. The Morgan fingerprint density at radius 1 is 1.59 bits per heavy atom. The first-order chi connectivity index (χ1) is 7.90. The Balaban J connectivity index is 2.63. The van der Waals surface area contributed by atoms with Crippen LogP contribution in [0.1, 0.15) is 27.2 Å². The molecule has 1 amide bonds. The molecule has 0 aromatic carbocycles. The number of carbonyl (C=O) groups is 1. The van der Waals surface area contributed by atoms with Crippen molar-refractivity contribution in [2.45, 2.75) is 33.2 Å². The Bertz CT molecular complexity index is 263. The first kappa shape index (κ1) is 14.4. The maximum atomic E-state index is 11.7. The standard InChI is InChI=1S/C12H25N3O2/c1-12(2,3)9-5-6-15(7-9)10(8-17-4)11(16)14-13/h9-10H,5-8,13H2,1-4H3,(H,14,16). The van der Waals surface area contributed by atoms with Gasteiger partial charge in [-0.1, -0.05) is 20.8 Å². The molecule has 0 saturated carbocycles. The maximum Gasteiger partial charge on any atom is 0.253 e. The number of likely N-dealkylation sites (tertiary alicyclic amines) is 1. The number of rotatable bonds is 4. The van der Waals surface area contributed by atoms with Gasteiger partial charge in [-0.2, -0.15) is 0 Å². The van der Waals surface area contributed by atoms with E-state index in [1.807, 2.05) is 0 Å². The SMILES string of the molecule is COCC(C(=O)NN)N1CCC(C(C)(C)C)C1. The summed E-state index contributed by atoms with van der Waals surface area (Å²) in [7, 11) is 1.61. The van der Waals surface area contributed by atoms with Crippen molar-refractivity contribution in [3.05, 3.63) is 0 Å². The molecule has 1 saturated heterocycles. The summed E-state index contributed by atoms with van der Waals surface area (Å²) >= 11 is 0. The van der Waals surface area contributed by atoms with Gasteiger partial charge in [0.1, 0.15) is 6.04 Å². The van der Waals surface area contributed by atoms with Crippen LogP contribution in [-0.2, 0) is 9.53 Å². The van der Waals surface area contributed by atoms with E-state index in [4.69, 9.17) is 10.6 Å². The predicted octanol–water partition coefficient (Wildman–Crippen LogP) is 0.359. The number of nitrogens with zero attached hydrogens (tertiary/aromatic N) is 1. The van der Waals surface area contributed by atoms with Gasteiger partial charge < -0.3 is 4.74 Å². The van der Waals surface area contributed by atoms with Gasteiger partial charge >= 0.3 is 0 Å². The monoisotopic (exact) mass is 243 g/mol. The van der Waals surface area contributed by atoms with Crippen LogP contribution in [0.15, 0.2) is 0 Å². The third-order valence-corrected chi connectivity index (χ3v) is 3.65. The number of nitrogens with one attached hydrogen (secondary N) is 1. The Morgan fingerprint density at radius 3 is 2.65 bits per heavy atom. The number of methoxy groups -OCH3 is 1. The molecule has 3 N–H and O–H groups in total. The van der Waals surface area contributed by atoms with Crippen LogP contribution in [-0.4, -0.2) is 43.7 Å². The van der Waals surface area contributed by atoms with Crippen LogP contribution in [0.3, 0.4) is 0 Å². The Labute approximate surface area is 104 Å². The van der Waals surface area contributed by atoms with E-state index in [2.05, 4.69) is 31.1 Å². The van der Waals surface area contributed by atoms with Crippen LogP contribution in [0.2, 0.25) is 0 Å². The highest BCUT2D eigenvalue weighted by Crippen LogP contribution is 2.34. The van der Waals surface area contributed by atoms with Gasteiger partial charge in [0.05, 0.1) is 6.61 Å². The highest BCUT2D eigenvalue weighted by Gasteiger charge is 2.36. The average molecular weight is 243 g/mol. The molecule has 5 heteroatoms.